The summed E-state index contributed by atoms with van der Waals surface area (Å²) in [5.74, 6) is 2.39. The molecule has 2 aromatic heterocycles. The SMILES string of the molecule is Cc1nccc(N2CCCCC[C@H]2C[C@H](O)c2ccco2)n1. The Labute approximate surface area is 131 Å². The van der Waals surface area contributed by atoms with Crippen LogP contribution in [0, 0.1) is 6.92 Å². The Balaban J connectivity index is 1.79. The molecule has 1 fully saturated rings. The van der Waals surface area contributed by atoms with Crippen molar-refractivity contribution in [2.45, 2.75) is 51.2 Å². The lowest BCUT2D eigenvalue weighted by Gasteiger charge is -2.32. The van der Waals surface area contributed by atoms with Crippen LogP contribution >= 0.6 is 0 Å². The fourth-order valence-electron chi connectivity index (χ4n) is 3.18. The fraction of sp³-hybridized carbons (Fsp3) is 0.529. The normalized spacial score (nSPS) is 20.6. The summed E-state index contributed by atoms with van der Waals surface area (Å²) in [7, 11) is 0. The summed E-state index contributed by atoms with van der Waals surface area (Å²) in [5, 5.41) is 10.4. The van der Waals surface area contributed by atoms with Gasteiger partial charge in [-0.15, -0.1) is 0 Å². The summed E-state index contributed by atoms with van der Waals surface area (Å²) in [6, 6.07) is 5.89. The van der Waals surface area contributed by atoms with Gasteiger partial charge in [0, 0.05) is 25.2 Å². The summed E-state index contributed by atoms with van der Waals surface area (Å²) in [6.07, 6.45) is 8.17. The largest absolute Gasteiger partial charge is 0.467 e. The van der Waals surface area contributed by atoms with Crippen LogP contribution in [-0.4, -0.2) is 27.7 Å². The number of hydrogen-bond acceptors (Lipinski definition) is 5. The molecule has 3 heterocycles. The summed E-state index contributed by atoms with van der Waals surface area (Å²) in [5.41, 5.74) is 0. The maximum atomic E-state index is 10.4. The minimum absolute atomic E-state index is 0.275. The molecule has 0 bridgehead atoms. The topological polar surface area (TPSA) is 62.4 Å². The van der Waals surface area contributed by atoms with Crippen LogP contribution in [0.2, 0.25) is 0 Å². The van der Waals surface area contributed by atoms with Gasteiger partial charge in [0.25, 0.3) is 0 Å². The number of aliphatic hydroxyl groups is 1. The third kappa shape index (κ3) is 3.47. The Morgan fingerprint density at radius 3 is 3.05 bits per heavy atom. The quantitative estimate of drug-likeness (QED) is 0.939. The fourth-order valence-corrected chi connectivity index (χ4v) is 3.18. The molecule has 2 atom stereocenters. The predicted molar refractivity (Wildman–Crippen MR) is 84.7 cm³/mol. The van der Waals surface area contributed by atoms with E-state index in [4.69, 9.17) is 4.42 Å². The molecule has 2 aromatic rings. The van der Waals surface area contributed by atoms with E-state index in [1.807, 2.05) is 31.3 Å². The minimum atomic E-state index is -0.566. The Morgan fingerprint density at radius 2 is 2.27 bits per heavy atom. The summed E-state index contributed by atoms with van der Waals surface area (Å²) in [4.78, 5) is 11.1. The molecule has 1 aliphatic heterocycles. The lowest BCUT2D eigenvalue weighted by molar-refractivity contribution is 0.129. The van der Waals surface area contributed by atoms with Crippen molar-refractivity contribution in [2.24, 2.45) is 0 Å². The molecule has 118 valence electrons. The highest BCUT2D eigenvalue weighted by Gasteiger charge is 2.26. The van der Waals surface area contributed by atoms with Crippen LogP contribution in [0.25, 0.3) is 0 Å². The molecule has 5 nitrogen and oxygen atoms in total. The molecule has 22 heavy (non-hydrogen) atoms. The van der Waals surface area contributed by atoms with E-state index in [2.05, 4.69) is 14.9 Å². The second-order valence-electron chi connectivity index (χ2n) is 5.93. The van der Waals surface area contributed by atoms with Gasteiger partial charge < -0.3 is 14.4 Å². The van der Waals surface area contributed by atoms with Gasteiger partial charge in [0.15, 0.2) is 0 Å². The number of anilines is 1. The van der Waals surface area contributed by atoms with Gasteiger partial charge in [-0.05, 0) is 38.0 Å². The van der Waals surface area contributed by atoms with Crippen molar-refractivity contribution in [2.75, 3.05) is 11.4 Å². The standard InChI is InChI=1S/C17H23N3O2/c1-13-18-9-8-17(19-13)20-10-4-2-3-6-14(20)12-15(21)16-7-5-11-22-16/h5,7-9,11,14-15,21H,2-4,6,10,12H2,1H3/t14-,15-/m0/s1. The first-order valence-electron chi connectivity index (χ1n) is 8.02. The third-order valence-electron chi connectivity index (χ3n) is 4.30. The predicted octanol–water partition coefficient (Wildman–Crippen LogP) is 3.25. The van der Waals surface area contributed by atoms with Gasteiger partial charge in [-0.2, -0.15) is 0 Å². The van der Waals surface area contributed by atoms with Gasteiger partial charge in [-0.25, -0.2) is 9.97 Å². The third-order valence-corrected chi connectivity index (χ3v) is 4.30. The molecule has 0 aliphatic carbocycles. The van der Waals surface area contributed by atoms with Crippen molar-refractivity contribution >= 4 is 5.82 Å². The highest BCUT2D eigenvalue weighted by molar-refractivity contribution is 5.39. The zero-order chi connectivity index (χ0) is 15.4. The second-order valence-corrected chi connectivity index (χ2v) is 5.93. The average Bonchev–Trinajstić information content (AvgIpc) is 2.95. The van der Waals surface area contributed by atoms with E-state index >= 15 is 0 Å². The lowest BCUT2D eigenvalue weighted by Crippen LogP contribution is -2.36. The zero-order valence-corrected chi connectivity index (χ0v) is 13.0. The molecule has 3 rings (SSSR count). The summed E-state index contributed by atoms with van der Waals surface area (Å²) >= 11 is 0. The molecule has 0 amide bonds. The van der Waals surface area contributed by atoms with E-state index in [1.54, 1.807) is 6.26 Å². The van der Waals surface area contributed by atoms with Crippen molar-refractivity contribution in [3.8, 4) is 0 Å². The Kier molecular flexibility index (Phi) is 4.73. The number of rotatable bonds is 4. The Morgan fingerprint density at radius 1 is 1.36 bits per heavy atom. The van der Waals surface area contributed by atoms with Crippen molar-refractivity contribution < 1.29 is 9.52 Å². The maximum Gasteiger partial charge on any atom is 0.132 e. The molecular formula is C17H23N3O2. The summed E-state index contributed by atoms with van der Waals surface area (Å²) in [6.45, 7) is 2.89. The number of aromatic nitrogens is 2. The van der Waals surface area contributed by atoms with Gasteiger partial charge in [-0.3, -0.25) is 0 Å². The van der Waals surface area contributed by atoms with Crippen molar-refractivity contribution in [1.82, 2.24) is 9.97 Å². The number of aliphatic hydroxyl groups excluding tert-OH is 1. The van der Waals surface area contributed by atoms with Gasteiger partial charge in [0.05, 0.1) is 6.26 Å². The van der Waals surface area contributed by atoms with Gasteiger partial charge in [0.2, 0.25) is 0 Å². The van der Waals surface area contributed by atoms with Crippen LogP contribution in [0.5, 0.6) is 0 Å². The monoisotopic (exact) mass is 301 g/mol. The van der Waals surface area contributed by atoms with Gasteiger partial charge >= 0.3 is 0 Å². The molecular weight excluding hydrogens is 278 g/mol. The van der Waals surface area contributed by atoms with Crippen LogP contribution in [-0.2, 0) is 0 Å². The van der Waals surface area contributed by atoms with E-state index in [1.165, 1.54) is 12.8 Å². The highest BCUT2D eigenvalue weighted by Crippen LogP contribution is 2.29. The molecule has 0 saturated carbocycles. The van der Waals surface area contributed by atoms with Gasteiger partial charge in [0.1, 0.15) is 23.5 Å². The molecule has 1 N–H and O–H groups in total. The molecule has 5 heteroatoms. The zero-order valence-electron chi connectivity index (χ0n) is 13.0. The number of nitrogens with zero attached hydrogens (tertiary/aromatic N) is 3. The molecule has 1 saturated heterocycles. The Bertz CT molecular complexity index is 585. The van der Waals surface area contributed by atoms with Crippen molar-refractivity contribution in [3.63, 3.8) is 0 Å². The van der Waals surface area contributed by atoms with E-state index in [0.29, 0.717) is 12.2 Å². The first-order chi connectivity index (χ1) is 10.7. The molecule has 0 spiro atoms. The number of aryl methyl sites for hydroxylation is 1. The van der Waals surface area contributed by atoms with Crippen LogP contribution in [0.4, 0.5) is 5.82 Å². The Hall–Kier alpha value is -1.88. The highest BCUT2D eigenvalue weighted by atomic mass is 16.4. The van der Waals surface area contributed by atoms with Crippen molar-refractivity contribution in [1.29, 1.82) is 0 Å². The minimum Gasteiger partial charge on any atom is -0.467 e. The second kappa shape index (κ2) is 6.92. The van der Waals surface area contributed by atoms with Crippen molar-refractivity contribution in [3.05, 3.63) is 42.2 Å². The molecule has 0 aromatic carbocycles. The molecule has 0 unspecified atom stereocenters. The van der Waals surface area contributed by atoms with E-state index in [9.17, 15) is 5.11 Å². The van der Waals surface area contributed by atoms with E-state index in [-0.39, 0.29) is 6.04 Å². The first-order valence-corrected chi connectivity index (χ1v) is 8.02. The van der Waals surface area contributed by atoms with Gasteiger partial charge in [-0.1, -0.05) is 12.8 Å². The van der Waals surface area contributed by atoms with Crippen LogP contribution in [0.15, 0.2) is 35.1 Å². The molecule has 1 aliphatic rings. The average molecular weight is 301 g/mol. The van der Waals surface area contributed by atoms with Crippen LogP contribution in [0.1, 0.15) is 49.8 Å². The van der Waals surface area contributed by atoms with E-state index < -0.39 is 6.10 Å². The molecule has 0 radical (unpaired) electrons. The summed E-state index contributed by atoms with van der Waals surface area (Å²) < 4.78 is 5.33. The van der Waals surface area contributed by atoms with E-state index in [0.717, 1.165) is 31.0 Å². The number of hydrogen-bond donors (Lipinski definition) is 1. The number of furan rings is 1. The first kappa shape index (κ1) is 15.0. The lowest BCUT2D eigenvalue weighted by atomic mass is 10.0. The van der Waals surface area contributed by atoms with Crippen LogP contribution < -0.4 is 4.90 Å². The maximum absolute atomic E-state index is 10.4. The van der Waals surface area contributed by atoms with Crippen LogP contribution in [0.3, 0.4) is 0 Å². The smallest absolute Gasteiger partial charge is 0.132 e.